The molecule has 0 amide bonds. The fourth-order valence-electron chi connectivity index (χ4n) is 2.74. The Balaban J connectivity index is 1.91. The minimum Gasteiger partial charge on any atom is -0.316 e. The van der Waals surface area contributed by atoms with E-state index in [1.807, 2.05) is 19.1 Å². The predicted octanol–water partition coefficient (Wildman–Crippen LogP) is 2.79. The number of rotatable bonds is 2. The molecule has 4 heteroatoms. The largest absolute Gasteiger partial charge is 0.316 e. The van der Waals surface area contributed by atoms with Gasteiger partial charge in [-0.05, 0) is 49.9 Å². The normalized spacial score (nSPS) is 19.6. The van der Waals surface area contributed by atoms with Crippen molar-refractivity contribution in [2.45, 2.75) is 25.7 Å². The summed E-state index contributed by atoms with van der Waals surface area (Å²) < 4.78 is 16.1. The molecule has 1 aliphatic heterocycles. The zero-order chi connectivity index (χ0) is 13.2. The number of nitrogens with one attached hydrogen (secondary N) is 1. The Bertz CT molecular complexity index is 571. The van der Waals surface area contributed by atoms with Crippen molar-refractivity contribution in [3.8, 4) is 5.69 Å². The maximum atomic E-state index is 14.3. The molecule has 0 spiro atoms. The van der Waals surface area contributed by atoms with Crippen molar-refractivity contribution in [2.75, 3.05) is 13.1 Å². The molecule has 0 saturated carbocycles. The maximum Gasteiger partial charge on any atom is 0.147 e. The summed E-state index contributed by atoms with van der Waals surface area (Å²) in [6.07, 6.45) is 5.77. The summed E-state index contributed by atoms with van der Waals surface area (Å²) in [5.41, 5.74) is 1.66. The number of halogens is 1. The first-order valence-electron chi connectivity index (χ1n) is 6.76. The van der Waals surface area contributed by atoms with Gasteiger partial charge in [0.25, 0.3) is 0 Å². The van der Waals surface area contributed by atoms with Crippen LogP contribution in [0.1, 0.15) is 30.1 Å². The van der Waals surface area contributed by atoms with Gasteiger partial charge in [-0.25, -0.2) is 9.37 Å². The molecule has 0 radical (unpaired) electrons. The van der Waals surface area contributed by atoms with Crippen molar-refractivity contribution in [1.82, 2.24) is 14.9 Å². The molecule has 1 unspecified atom stereocenters. The molecule has 1 atom stereocenters. The molecular weight excluding hydrogens is 241 g/mol. The Hall–Kier alpha value is -1.68. The first-order chi connectivity index (χ1) is 9.25. The second-order valence-corrected chi connectivity index (χ2v) is 5.10. The van der Waals surface area contributed by atoms with E-state index in [9.17, 15) is 4.39 Å². The van der Waals surface area contributed by atoms with E-state index in [4.69, 9.17) is 0 Å². The van der Waals surface area contributed by atoms with Crippen molar-refractivity contribution in [1.29, 1.82) is 0 Å². The van der Waals surface area contributed by atoms with E-state index < -0.39 is 0 Å². The molecule has 3 rings (SSSR count). The highest BCUT2D eigenvalue weighted by atomic mass is 19.1. The van der Waals surface area contributed by atoms with Crippen LogP contribution < -0.4 is 5.32 Å². The first-order valence-corrected chi connectivity index (χ1v) is 6.76. The van der Waals surface area contributed by atoms with Gasteiger partial charge in [0, 0.05) is 18.9 Å². The van der Waals surface area contributed by atoms with Crippen LogP contribution in [-0.4, -0.2) is 22.6 Å². The van der Waals surface area contributed by atoms with E-state index in [2.05, 4.69) is 10.3 Å². The van der Waals surface area contributed by atoms with Crippen LogP contribution in [0.2, 0.25) is 0 Å². The van der Waals surface area contributed by atoms with Crippen LogP contribution in [0.5, 0.6) is 0 Å². The van der Waals surface area contributed by atoms with Gasteiger partial charge in [-0.3, -0.25) is 0 Å². The van der Waals surface area contributed by atoms with E-state index in [1.54, 1.807) is 23.0 Å². The van der Waals surface area contributed by atoms with E-state index >= 15 is 0 Å². The molecule has 2 aromatic rings. The summed E-state index contributed by atoms with van der Waals surface area (Å²) in [7, 11) is 0. The number of nitrogens with zero attached hydrogens (tertiary/aromatic N) is 2. The van der Waals surface area contributed by atoms with E-state index in [0.29, 0.717) is 11.6 Å². The highest BCUT2D eigenvalue weighted by Crippen LogP contribution is 2.26. The first kappa shape index (κ1) is 12.4. The van der Waals surface area contributed by atoms with Gasteiger partial charge in [0.1, 0.15) is 11.6 Å². The smallest absolute Gasteiger partial charge is 0.147 e. The number of piperidine rings is 1. The summed E-state index contributed by atoms with van der Waals surface area (Å²) >= 11 is 0. The number of benzene rings is 1. The maximum absolute atomic E-state index is 14.3. The van der Waals surface area contributed by atoms with Crippen LogP contribution in [0.25, 0.3) is 5.69 Å². The minimum absolute atomic E-state index is 0.177. The van der Waals surface area contributed by atoms with Gasteiger partial charge in [0.05, 0.1) is 5.69 Å². The lowest BCUT2D eigenvalue weighted by atomic mass is 9.91. The molecule has 0 bridgehead atoms. The lowest BCUT2D eigenvalue weighted by Gasteiger charge is -2.23. The third kappa shape index (κ3) is 2.40. The van der Waals surface area contributed by atoms with Crippen molar-refractivity contribution in [3.63, 3.8) is 0 Å². The molecule has 2 heterocycles. The molecule has 3 nitrogen and oxygen atoms in total. The summed E-state index contributed by atoms with van der Waals surface area (Å²) in [6.45, 7) is 3.90. The summed E-state index contributed by atoms with van der Waals surface area (Å²) in [6, 6.07) is 5.57. The van der Waals surface area contributed by atoms with Crippen LogP contribution in [0, 0.1) is 12.7 Å². The van der Waals surface area contributed by atoms with Gasteiger partial charge in [-0.15, -0.1) is 0 Å². The summed E-state index contributed by atoms with van der Waals surface area (Å²) in [4.78, 5) is 4.13. The minimum atomic E-state index is -0.177. The Morgan fingerprint density at radius 3 is 2.95 bits per heavy atom. The molecule has 1 aliphatic rings. The molecule has 1 aromatic heterocycles. The number of hydrogen-bond donors (Lipinski definition) is 1. The molecule has 1 N–H and O–H groups in total. The number of aromatic nitrogens is 2. The zero-order valence-corrected chi connectivity index (χ0v) is 11.1. The molecular formula is C15H18FN3. The van der Waals surface area contributed by atoms with E-state index in [0.717, 1.165) is 37.3 Å². The van der Waals surface area contributed by atoms with Crippen molar-refractivity contribution in [2.24, 2.45) is 0 Å². The average Bonchev–Trinajstić information content (AvgIpc) is 2.86. The zero-order valence-electron chi connectivity index (χ0n) is 11.1. The molecule has 19 heavy (non-hydrogen) atoms. The molecule has 1 aromatic carbocycles. The highest BCUT2D eigenvalue weighted by molar-refractivity contribution is 5.39. The van der Waals surface area contributed by atoms with Gasteiger partial charge in [-0.2, -0.15) is 0 Å². The average molecular weight is 259 g/mol. The van der Waals surface area contributed by atoms with Crippen molar-refractivity contribution in [3.05, 3.63) is 47.8 Å². The Kier molecular flexibility index (Phi) is 3.34. The Morgan fingerprint density at radius 2 is 2.32 bits per heavy atom. The van der Waals surface area contributed by atoms with Gasteiger partial charge in [-0.1, -0.05) is 6.07 Å². The molecule has 100 valence electrons. The molecule has 0 aliphatic carbocycles. The number of imidazole rings is 1. The number of hydrogen-bond acceptors (Lipinski definition) is 2. The monoisotopic (exact) mass is 259 g/mol. The quantitative estimate of drug-likeness (QED) is 0.898. The second kappa shape index (κ2) is 5.13. The lowest BCUT2D eigenvalue weighted by molar-refractivity contribution is 0.459. The predicted molar refractivity (Wildman–Crippen MR) is 73.1 cm³/mol. The lowest BCUT2D eigenvalue weighted by Crippen LogP contribution is -2.28. The van der Waals surface area contributed by atoms with Gasteiger partial charge in [0.15, 0.2) is 0 Å². The second-order valence-electron chi connectivity index (χ2n) is 5.10. The molecule has 1 saturated heterocycles. The fourth-order valence-corrected chi connectivity index (χ4v) is 2.74. The van der Waals surface area contributed by atoms with E-state index in [-0.39, 0.29) is 5.82 Å². The van der Waals surface area contributed by atoms with Crippen LogP contribution in [-0.2, 0) is 0 Å². The third-order valence-corrected chi connectivity index (χ3v) is 3.83. The van der Waals surface area contributed by atoms with Crippen molar-refractivity contribution < 1.29 is 4.39 Å². The summed E-state index contributed by atoms with van der Waals surface area (Å²) in [5, 5.41) is 3.37. The van der Waals surface area contributed by atoms with Gasteiger partial charge < -0.3 is 9.88 Å². The standard InChI is InChI=1S/C15H18FN3/c1-11-18-7-8-19(11)15-5-4-12(9-14(15)16)13-3-2-6-17-10-13/h4-5,7-9,13,17H,2-3,6,10H2,1H3. The fraction of sp³-hybridized carbons (Fsp3) is 0.400. The Morgan fingerprint density at radius 1 is 1.42 bits per heavy atom. The van der Waals surface area contributed by atoms with Crippen molar-refractivity contribution >= 4 is 0 Å². The SMILES string of the molecule is Cc1nccn1-c1ccc(C2CCCNC2)cc1F. The highest BCUT2D eigenvalue weighted by Gasteiger charge is 2.17. The van der Waals surface area contributed by atoms with Crippen LogP contribution >= 0.6 is 0 Å². The Labute approximate surface area is 112 Å². The van der Waals surface area contributed by atoms with Crippen LogP contribution in [0.15, 0.2) is 30.6 Å². The van der Waals surface area contributed by atoms with Crippen LogP contribution in [0.4, 0.5) is 4.39 Å². The van der Waals surface area contributed by atoms with E-state index in [1.165, 1.54) is 0 Å². The summed E-state index contributed by atoms with van der Waals surface area (Å²) in [5.74, 6) is 1.05. The van der Waals surface area contributed by atoms with Crippen LogP contribution in [0.3, 0.4) is 0 Å². The third-order valence-electron chi connectivity index (χ3n) is 3.83. The van der Waals surface area contributed by atoms with Gasteiger partial charge >= 0.3 is 0 Å². The number of aryl methyl sites for hydroxylation is 1. The molecule has 1 fully saturated rings. The van der Waals surface area contributed by atoms with Gasteiger partial charge in [0.2, 0.25) is 0 Å². The topological polar surface area (TPSA) is 29.9 Å².